The van der Waals surface area contributed by atoms with E-state index in [2.05, 4.69) is 31.3 Å². The summed E-state index contributed by atoms with van der Waals surface area (Å²) in [5.74, 6) is 0.191. The summed E-state index contributed by atoms with van der Waals surface area (Å²) in [6.45, 7) is 7.24. The number of hydrogen-bond acceptors (Lipinski definition) is 7. The van der Waals surface area contributed by atoms with Crippen molar-refractivity contribution in [2.45, 2.75) is 33.1 Å². The lowest BCUT2D eigenvalue weighted by Gasteiger charge is -2.21. The first-order valence-corrected chi connectivity index (χ1v) is 12.8. The molecule has 1 amide bonds. The summed E-state index contributed by atoms with van der Waals surface area (Å²) in [4.78, 5) is 41.5. The Morgan fingerprint density at radius 3 is 2.62 bits per heavy atom. The molecule has 1 aromatic heterocycles. The number of non-ortho nitro benzene ring substituents is 1. The average molecular weight is 592 g/mol. The van der Waals surface area contributed by atoms with Gasteiger partial charge in [0.25, 0.3) is 17.2 Å². The van der Waals surface area contributed by atoms with Crippen molar-refractivity contribution in [3.63, 3.8) is 0 Å². The minimum absolute atomic E-state index is 0.186. The lowest BCUT2D eigenvalue weighted by molar-refractivity contribution is -0.384. The Kier molecular flexibility index (Phi) is 7.91. The maximum Gasteiger partial charge on any atom is 0.282 e. The third-order valence-electron chi connectivity index (χ3n) is 5.77. The Morgan fingerprint density at radius 1 is 1.18 bits per heavy atom. The molecule has 3 aromatic carbocycles. The van der Waals surface area contributed by atoms with Crippen LogP contribution in [0.3, 0.4) is 0 Å². The summed E-state index contributed by atoms with van der Waals surface area (Å²) in [5.41, 5.74) is 1.15. The fourth-order valence-corrected chi connectivity index (χ4v) is 4.15. The van der Waals surface area contributed by atoms with E-state index < -0.39 is 21.8 Å². The van der Waals surface area contributed by atoms with Gasteiger partial charge in [-0.05, 0) is 42.8 Å². The summed E-state index contributed by atoms with van der Waals surface area (Å²) < 4.78 is 7.61. The highest BCUT2D eigenvalue weighted by Gasteiger charge is 2.23. The summed E-state index contributed by atoms with van der Waals surface area (Å²) in [6, 6.07) is 16.5. The van der Waals surface area contributed by atoms with Gasteiger partial charge in [0.05, 0.1) is 22.0 Å². The van der Waals surface area contributed by atoms with Gasteiger partial charge < -0.3 is 10.1 Å². The van der Waals surface area contributed by atoms with Crippen LogP contribution in [0, 0.1) is 17.0 Å². The predicted molar refractivity (Wildman–Crippen MR) is 154 cm³/mol. The van der Waals surface area contributed by atoms with E-state index in [4.69, 9.17) is 4.74 Å². The van der Waals surface area contributed by atoms with E-state index in [9.17, 15) is 19.7 Å². The van der Waals surface area contributed by atoms with E-state index in [1.165, 1.54) is 29.1 Å². The molecule has 0 aliphatic carbocycles. The predicted octanol–water partition coefficient (Wildman–Crippen LogP) is 5.57. The average Bonchev–Trinajstić information content (AvgIpc) is 2.88. The number of nitro groups is 1. The fourth-order valence-electron chi connectivity index (χ4n) is 3.79. The smallest absolute Gasteiger partial charge is 0.282 e. The molecular formula is C28H26BrN5O5. The van der Waals surface area contributed by atoms with Gasteiger partial charge in [0.1, 0.15) is 11.6 Å². The zero-order valence-electron chi connectivity index (χ0n) is 21.8. The first kappa shape index (κ1) is 27.6. The summed E-state index contributed by atoms with van der Waals surface area (Å²) in [5, 5.41) is 19.0. The topological polar surface area (TPSA) is 129 Å². The molecule has 0 radical (unpaired) electrons. The number of aryl methyl sites for hydroxylation is 1. The van der Waals surface area contributed by atoms with Gasteiger partial charge in [0.15, 0.2) is 6.61 Å². The third kappa shape index (κ3) is 6.37. The van der Waals surface area contributed by atoms with Crippen molar-refractivity contribution >= 4 is 50.3 Å². The molecule has 200 valence electrons. The number of nitrogens with one attached hydrogen (secondary N) is 1. The number of aromatic nitrogens is 2. The van der Waals surface area contributed by atoms with Gasteiger partial charge in [-0.3, -0.25) is 19.7 Å². The number of anilines is 1. The molecule has 0 aliphatic heterocycles. The number of ether oxygens (including phenoxy) is 1. The van der Waals surface area contributed by atoms with Crippen LogP contribution in [-0.4, -0.2) is 33.3 Å². The zero-order valence-corrected chi connectivity index (χ0v) is 23.4. The van der Waals surface area contributed by atoms with Crippen molar-refractivity contribution in [1.29, 1.82) is 0 Å². The lowest BCUT2D eigenvalue weighted by atomic mass is 9.95. The molecule has 0 bridgehead atoms. The lowest BCUT2D eigenvalue weighted by Crippen LogP contribution is -2.29. The number of amides is 1. The molecule has 0 unspecified atom stereocenters. The molecule has 0 atom stereocenters. The number of benzene rings is 3. The van der Waals surface area contributed by atoms with E-state index in [1.807, 2.05) is 45.9 Å². The minimum atomic E-state index is -0.548. The highest BCUT2D eigenvalue weighted by molar-refractivity contribution is 9.10. The van der Waals surface area contributed by atoms with E-state index >= 15 is 0 Å². The van der Waals surface area contributed by atoms with Crippen LogP contribution in [0.1, 0.15) is 37.7 Å². The second kappa shape index (κ2) is 11.2. The number of para-hydroxylation sites is 1. The standard InChI is InChI=1S/C28H26BrN5O5/c1-17-7-5-6-8-22(17)31-25(35)16-39-24-12-10-20(34(37)38)13-18(24)15-30-33-26(36)21-14-19(29)9-11-23(21)32-27(33)28(2,3)4/h5-15H,16H2,1-4H3,(H,31,35). The van der Waals surface area contributed by atoms with Gasteiger partial charge in [0, 0.05) is 33.3 Å². The van der Waals surface area contributed by atoms with Gasteiger partial charge >= 0.3 is 0 Å². The molecule has 1 N–H and O–H groups in total. The Balaban J connectivity index is 1.71. The molecular weight excluding hydrogens is 566 g/mol. The first-order valence-electron chi connectivity index (χ1n) is 12.0. The number of carbonyl (C=O) groups excluding carboxylic acids is 1. The summed E-state index contributed by atoms with van der Waals surface area (Å²) in [6.07, 6.45) is 1.30. The van der Waals surface area contributed by atoms with Crippen molar-refractivity contribution in [2.24, 2.45) is 5.10 Å². The van der Waals surface area contributed by atoms with Crippen LogP contribution >= 0.6 is 15.9 Å². The quantitative estimate of drug-likeness (QED) is 0.170. The molecule has 0 aliphatic rings. The van der Waals surface area contributed by atoms with Crippen molar-refractivity contribution < 1.29 is 14.5 Å². The molecule has 0 saturated carbocycles. The Morgan fingerprint density at radius 2 is 1.92 bits per heavy atom. The molecule has 0 spiro atoms. The fraction of sp³-hybridized carbons (Fsp3) is 0.214. The highest BCUT2D eigenvalue weighted by Crippen LogP contribution is 2.25. The Labute approximate surface area is 232 Å². The van der Waals surface area contributed by atoms with Crippen molar-refractivity contribution in [3.05, 3.63) is 103 Å². The Hall–Kier alpha value is -4.38. The van der Waals surface area contributed by atoms with Gasteiger partial charge in [-0.25, -0.2) is 4.98 Å². The van der Waals surface area contributed by atoms with Gasteiger partial charge in [-0.15, -0.1) is 0 Å². The summed E-state index contributed by atoms with van der Waals surface area (Å²) in [7, 11) is 0. The third-order valence-corrected chi connectivity index (χ3v) is 6.27. The molecule has 10 nitrogen and oxygen atoms in total. The molecule has 0 fully saturated rings. The second-order valence-corrected chi connectivity index (χ2v) is 10.8. The molecule has 39 heavy (non-hydrogen) atoms. The second-order valence-electron chi connectivity index (χ2n) is 9.84. The number of nitrogens with zero attached hydrogens (tertiary/aromatic N) is 4. The molecule has 4 aromatic rings. The normalized spacial score (nSPS) is 11.6. The van der Waals surface area contributed by atoms with Crippen LogP contribution in [0.15, 0.2) is 75.0 Å². The zero-order chi connectivity index (χ0) is 28.3. The number of rotatable bonds is 7. The first-order chi connectivity index (χ1) is 18.4. The SMILES string of the molecule is Cc1ccccc1NC(=O)COc1ccc([N+](=O)[O-])cc1C=Nn1c(C(C)(C)C)nc2ccc(Br)cc2c1=O. The number of halogens is 1. The van der Waals surface area contributed by atoms with Gasteiger partial charge in [0.2, 0.25) is 0 Å². The Bertz CT molecular complexity index is 1670. The van der Waals surface area contributed by atoms with Crippen LogP contribution in [0.5, 0.6) is 5.75 Å². The monoisotopic (exact) mass is 591 g/mol. The van der Waals surface area contributed by atoms with E-state index in [-0.39, 0.29) is 23.6 Å². The summed E-state index contributed by atoms with van der Waals surface area (Å²) >= 11 is 3.38. The molecule has 1 heterocycles. The van der Waals surface area contributed by atoms with Crippen molar-refractivity contribution in [1.82, 2.24) is 9.66 Å². The van der Waals surface area contributed by atoms with Crippen molar-refractivity contribution in [3.8, 4) is 5.75 Å². The number of fused-ring (bicyclic) bond motifs is 1. The number of hydrogen-bond donors (Lipinski definition) is 1. The minimum Gasteiger partial charge on any atom is -0.483 e. The molecule has 0 saturated heterocycles. The van der Waals surface area contributed by atoms with E-state index in [1.54, 1.807) is 24.3 Å². The number of carbonyl (C=O) groups is 1. The van der Waals surface area contributed by atoms with Crippen LogP contribution in [-0.2, 0) is 10.2 Å². The largest absolute Gasteiger partial charge is 0.483 e. The van der Waals surface area contributed by atoms with Crippen LogP contribution in [0.25, 0.3) is 10.9 Å². The number of nitro benzene ring substituents is 1. The maximum absolute atomic E-state index is 13.4. The van der Waals surface area contributed by atoms with E-state index in [0.29, 0.717) is 26.9 Å². The van der Waals surface area contributed by atoms with Gasteiger partial charge in [-0.2, -0.15) is 9.78 Å². The van der Waals surface area contributed by atoms with Gasteiger partial charge in [-0.1, -0.05) is 54.9 Å². The van der Waals surface area contributed by atoms with Crippen molar-refractivity contribution in [2.75, 3.05) is 11.9 Å². The highest BCUT2D eigenvalue weighted by atomic mass is 79.9. The molecule has 11 heteroatoms. The van der Waals surface area contributed by atoms with Crippen LogP contribution in [0.4, 0.5) is 11.4 Å². The van der Waals surface area contributed by atoms with E-state index in [0.717, 1.165) is 5.56 Å². The maximum atomic E-state index is 13.4. The molecule has 4 rings (SSSR count). The van der Waals surface area contributed by atoms with Crippen LogP contribution < -0.4 is 15.6 Å². The van der Waals surface area contributed by atoms with Crippen LogP contribution in [0.2, 0.25) is 0 Å².